The van der Waals surface area contributed by atoms with Crippen LogP contribution >= 0.6 is 0 Å². The Morgan fingerprint density at radius 2 is 2.25 bits per heavy atom. The van der Waals surface area contributed by atoms with Crippen LogP contribution in [0.3, 0.4) is 0 Å². The number of aromatic nitrogens is 1. The Morgan fingerprint density at radius 1 is 1.45 bits per heavy atom. The van der Waals surface area contributed by atoms with E-state index in [1.165, 1.54) is 12.8 Å². The number of hydrogen-bond donors (Lipinski definition) is 2. The molecule has 0 spiro atoms. The van der Waals surface area contributed by atoms with Crippen molar-refractivity contribution in [3.05, 3.63) is 24.0 Å². The first-order valence-electron chi connectivity index (χ1n) is 7.46. The minimum Gasteiger partial charge on any atom is -0.383 e. The van der Waals surface area contributed by atoms with Crippen LogP contribution in [0, 0.1) is 0 Å². The fraction of sp³-hybridized carbons (Fsp3) is 0.600. The summed E-state index contributed by atoms with van der Waals surface area (Å²) >= 11 is 0. The van der Waals surface area contributed by atoms with Gasteiger partial charge in [-0.3, -0.25) is 14.7 Å². The van der Waals surface area contributed by atoms with Crippen LogP contribution in [-0.2, 0) is 0 Å². The first kappa shape index (κ1) is 14.8. The lowest BCUT2D eigenvalue weighted by Crippen LogP contribution is -2.36. The minimum absolute atomic E-state index is 0.0322. The van der Waals surface area contributed by atoms with Gasteiger partial charge in [0.15, 0.2) is 0 Å². The molecule has 1 saturated carbocycles. The number of likely N-dealkylation sites (N-methyl/N-ethyl adjacent to an activating group) is 1. The van der Waals surface area contributed by atoms with Crippen LogP contribution in [0.2, 0.25) is 0 Å². The highest BCUT2D eigenvalue weighted by Gasteiger charge is 2.27. The topological polar surface area (TPSA) is 57.3 Å². The van der Waals surface area contributed by atoms with Gasteiger partial charge in [-0.25, -0.2) is 0 Å². The summed E-state index contributed by atoms with van der Waals surface area (Å²) in [4.78, 5) is 18.7. The maximum absolute atomic E-state index is 12.2. The fourth-order valence-electron chi connectivity index (χ4n) is 2.37. The summed E-state index contributed by atoms with van der Waals surface area (Å²) < 4.78 is 0. The van der Waals surface area contributed by atoms with E-state index >= 15 is 0 Å². The van der Waals surface area contributed by atoms with Gasteiger partial charge >= 0.3 is 0 Å². The van der Waals surface area contributed by atoms with E-state index in [9.17, 15) is 4.79 Å². The Balaban J connectivity index is 1.85. The van der Waals surface area contributed by atoms with Gasteiger partial charge in [0.25, 0.3) is 5.91 Å². The summed E-state index contributed by atoms with van der Waals surface area (Å²) in [6, 6.07) is 2.50. The molecule has 0 bridgehead atoms. The molecule has 1 amide bonds. The SMILES string of the molecule is CCNc1cnccc1C(=O)NCCN(CC)C1CC1. The number of nitrogens with one attached hydrogen (secondary N) is 2. The first-order valence-corrected chi connectivity index (χ1v) is 7.46. The molecule has 1 fully saturated rings. The van der Waals surface area contributed by atoms with Gasteiger partial charge in [-0.05, 0) is 32.4 Å². The Labute approximate surface area is 120 Å². The number of pyridine rings is 1. The van der Waals surface area contributed by atoms with E-state index in [0.717, 1.165) is 31.4 Å². The summed E-state index contributed by atoms with van der Waals surface area (Å²) in [5.41, 5.74) is 1.46. The van der Waals surface area contributed by atoms with Crippen molar-refractivity contribution in [3.8, 4) is 0 Å². The van der Waals surface area contributed by atoms with Crippen molar-refractivity contribution in [2.45, 2.75) is 32.7 Å². The standard InChI is InChI=1S/C15H24N4O/c1-3-17-14-11-16-8-7-13(14)15(20)18-9-10-19(4-2)12-5-6-12/h7-8,11-12,17H,3-6,9-10H2,1-2H3,(H,18,20). The number of rotatable bonds is 8. The van der Waals surface area contributed by atoms with Crippen molar-refractivity contribution in [2.75, 3.05) is 31.5 Å². The van der Waals surface area contributed by atoms with E-state index in [-0.39, 0.29) is 5.91 Å². The van der Waals surface area contributed by atoms with Crippen molar-refractivity contribution in [3.63, 3.8) is 0 Å². The van der Waals surface area contributed by atoms with Crippen LogP contribution in [0.5, 0.6) is 0 Å². The lowest BCUT2D eigenvalue weighted by atomic mass is 10.2. The van der Waals surface area contributed by atoms with Crippen molar-refractivity contribution in [2.24, 2.45) is 0 Å². The summed E-state index contributed by atoms with van der Waals surface area (Å²) in [6.07, 6.45) is 5.95. The molecule has 20 heavy (non-hydrogen) atoms. The van der Waals surface area contributed by atoms with Crippen LogP contribution in [0.1, 0.15) is 37.0 Å². The molecule has 1 aromatic rings. The average molecular weight is 276 g/mol. The van der Waals surface area contributed by atoms with Gasteiger partial charge in [-0.15, -0.1) is 0 Å². The predicted molar refractivity (Wildman–Crippen MR) is 81.0 cm³/mol. The molecule has 110 valence electrons. The molecule has 5 heteroatoms. The molecule has 1 aromatic heterocycles. The largest absolute Gasteiger partial charge is 0.383 e. The van der Waals surface area contributed by atoms with Crippen molar-refractivity contribution in [1.82, 2.24) is 15.2 Å². The number of anilines is 1. The van der Waals surface area contributed by atoms with E-state index in [0.29, 0.717) is 12.1 Å². The number of hydrogen-bond acceptors (Lipinski definition) is 4. The summed E-state index contributed by atoms with van der Waals surface area (Å²) in [6.45, 7) is 7.62. The summed E-state index contributed by atoms with van der Waals surface area (Å²) in [5, 5.41) is 6.16. The second-order valence-electron chi connectivity index (χ2n) is 5.07. The molecule has 0 unspecified atom stereocenters. The van der Waals surface area contributed by atoms with E-state index < -0.39 is 0 Å². The van der Waals surface area contributed by atoms with Crippen LogP contribution in [-0.4, -0.2) is 48.0 Å². The Kier molecular flexibility index (Phi) is 5.35. The molecule has 2 rings (SSSR count). The van der Waals surface area contributed by atoms with E-state index in [4.69, 9.17) is 0 Å². The average Bonchev–Trinajstić information content (AvgIpc) is 3.29. The number of amides is 1. The lowest BCUT2D eigenvalue weighted by molar-refractivity contribution is 0.0948. The summed E-state index contributed by atoms with van der Waals surface area (Å²) in [7, 11) is 0. The molecule has 0 saturated heterocycles. The maximum Gasteiger partial charge on any atom is 0.253 e. The number of nitrogens with zero attached hydrogens (tertiary/aromatic N) is 2. The van der Waals surface area contributed by atoms with Crippen LogP contribution in [0.4, 0.5) is 5.69 Å². The van der Waals surface area contributed by atoms with Crippen LogP contribution in [0.15, 0.2) is 18.5 Å². The third kappa shape index (κ3) is 3.93. The summed E-state index contributed by atoms with van der Waals surface area (Å²) in [5.74, 6) is -0.0322. The molecule has 0 radical (unpaired) electrons. The first-order chi connectivity index (χ1) is 9.76. The molecule has 0 aliphatic heterocycles. The molecular formula is C15H24N4O. The predicted octanol–water partition coefficient (Wildman–Crippen LogP) is 1.73. The molecule has 2 N–H and O–H groups in total. The fourth-order valence-corrected chi connectivity index (χ4v) is 2.37. The monoisotopic (exact) mass is 276 g/mol. The number of carbonyl (C=O) groups is 1. The lowest BCUT2D eigenvalue weighted by Gasteiger charge is -2.20. The zero-order chi connectivity index (χ0) is 14.4. The molecule has 1 heterocycles. The smallest absolute Gasteiger partial charge is 0.253 e. The van der Waals surface area contributed by atoms with E-state index in [1.807, 2.05) is 6.92 Å². The normalized spacial score (nSPS) is 14.3. The Hall–Kier alpha value is -1.62. The third-order valence-corrected chi connectivity index (χ3v) is 3.59. The molecule has 0 atom stereocenters. The van der Waals surface area contributed by atoms with Crippen LogP contribution < -0.4 is 10.6 Å². The molecule has 5 nitrogen and oxygen atoms in total. The third-order valence-electron chi connectivity index (χ3n) is 3.59. The van der Waals surface area contributed by atoms with Gasteiger partial charge in [0.2, 0.25) is 0 Å². The quantitative estimate of drug-likeness (QED) is 0.759. The van der Waals surface area contributed by atoms with Gasteiger partial charge in [0.1, 0.15) is 0 Å². The zero-order valence-corrected chi connectivity index (χ0v) is 12.4. The van der Waals surface area contributed by atoms with Gasteiger partial charge in [-0.2, -0.15) is 0 Å². The highest BCUT2D eigenvalue weighted by Crippen LogP contribution is 2.25. The number of carbonyl (C=O) groups excluding carboxylic acids is 1. The molecular weight excluding hydrogens is 252 g/mol. The molecule has 0 aromatic carbocycles. The molecule has 1 aliphatic rings. The maximum atomic E-state index is 12.2. The Morgan fingerprint density at radius 3 is 2.90 bits per heavy atom. The van der Waals surface area contributed by atoms with Gasteiger partial charge < -0.3 is 10.6 Å². The highest BCUT2D eigenvalue weighted by atomic mass is 16.1. The van der Waals surface area contributed by atoms with Gasteiger partial charge in [0, 0.05) is 31.9 Å². The van der Waals surface area contributed by atoms with Crippen molar-refractivity contribution < 1.29 is 4.79 Å². The Bertz CT molecular complexity index is 445. The van der Waals surface area contributed by atoms with Crippen molar-refractivity contribution >= 4 is 11.6 Å². The molecule has 1 aliphatic carbocycles. The van der Waals surface area contributed by atoms with Crippen LogP contribution in [0.25, 0.3) is 0 Å². The van der Waals surface area contributed by atoms with E-state index in [1.54, 1.807) is 18.5 Å². The zero-order valence-electron chi connectivity index (χ0n) is 12.4. The van der Waals surface area contributed by atoms with Gasteiger partial charge in [0.05, 0.1) is 17.4 Å². The minimum atomic E-state index is -0.0322. The van der Waals surface area contributed by atoms with Gasteiger partial charge in [-0.1, -0.05) is 6.92 Å². The van der Waals surface area contributed by atoms with Crippen molar-refractivity contribution in [1.29, 1.82) is 0 Å². The highest BCUT2D eigenvalue weighted by molar-refractivity contribution is 5.99. The van der Waals surface area contributed by atoms with E-state index in [2.05, 4.69) is 27.4 Å². The second kappa shape index (κ2) is 7.24. The second-order valence-corrected chi connectivity index (χ2v) is 5.07.